The van der Waals surface area contributed by atoms with Gasteiger partial charge in [0.1, 0.15) is 29.7 Å². The van der Waals surface area contributed by atoms with Crippen molar-refractivity contribution in [2.45, 2.75) is 44.9 Å². The second kappa shape index (κ2) is 18.1. The minimum absolute atomic E-state index is 0.000798. The lowest BCUT2D eigenvalue weighted by atomic mass is 9.92. The molecule has 0 spiro atoms. The summed E-state index contributed by atoms with van der Waals surface area (Å²) in [4.78, 5) is 24.7. The maximum atomic E-state index is 13.9. The summed E-state index contributed by atoms with van der Waals surface area (Å²) >= 11 is 0. The lowest BCUT2D eigenvalue weighted by Crippen LogP contribution is -2.38. The first kappa shape index (κ1) is 43.3. The maximum Gasteiger partial charge on any atom is 0.416 e. The number of amides is 2. The van der Waals surface area contributed by atoms with Gasteiger partial charge in [0.05, 0.1) is 43.0 Å². The molecule has 2 amide bonds. The van der Waals surface area contributed by atoms with Gasteiger partial charge in [-0.2, -0.15) is 23.3 Å². The van der Waals surface area contributed by atoms with Crippen molar-refractivity contribution in [3.63, 3.8) is 0 Å². The van der Waals surface area contributed by atoms with E-state index in [1.54, 1.807) is 42.3 Å². The van der Waals surface area contributed by atoms with Crippen LogP contribution >= 0.6 is 7.14 Å². The van der Waals surface area contributed by atoms with Crippen LogP contribution in [0.25, 0.3) is 16.5 Å². The van der Waals surface area contributed by atoms with E-state index in [-0.39, 0.29) is 35.9 Å². The van der Waals surface area contributed by atoms with Crippen molar-refractivity contribution in [2.24, 2.45) is 0 Å². The molecule has 0 saturated carbocycles. The van der Waals surface area contributed by atoms with Crippen molar-refractivity contribution in [3.05, 3.63) is 125 Å². The topological polar surface area (TPSA) is 133 Å². The van der Waals surface area contributed by atoms with Crippen LogP contribution in [0, 0.1) is 0 Å². The number of nitrogens with zero attached hydrogens (tertiary/aromatic N) is 5. The number of halogens is 3. The van der Waals surface area contributed by atoms with E-state index in [2.05, 4.69) is 25.5 Å². The number of rotatable bonds is 13. The summed E-state index contributed by atoms with van der Waals surface area (Å²) < 4.78 is 73.5. The van der Waals surface area contributed by atoms with Gasteiger partial charge in [0.25, 0.3) is 0 Å². The van der Waals surface area contributed by atoms with Gasteiger partial charge in [-0.15, -0.1) is 0 Å². The number of anilines is 2. The van der Waals surface area contributed by atoms with Gasteiger partial charge in [-0.1, -0.05) is 57.2 Å². The molecule has 320 valence electrons. The first-order valence-corrected chi connectivity index (χ1v) is 22.7. The number of aromatic nitrogens is 4. The van der Waals surface area contributed by atoms with E-state index in [9.17, 15) is 22.5 Å². The number of hydrogen-bond donors (Lipinski definition) is 2. The van der Waals surface area contributed by atoms with Gasteiger partial charge in [-0.05, 0) is 66.9 Å². The Bertz CT molecular complexity index is 2560. The van der Waals surface area contributed by atoms with Crippen LogP contribution in [0.5, 0.6) is 17.4 Å². The SMILES string of the molecule is CC(C)(C)c1cc(NC(=O)Nc2ccc(Oc3ccnc(Cc4cc(OCCN5CCOCC5)cc(C(F)(F)F)c4)n3)c3ccccc23)n(-c2cccc(CP(C)(C)=O)c2)n1. The number of alkyl halides is 3. The highest BCUT2D eigenvalue weighted by molar-refractivity contribution is 7.61. The van der Waals surface area contributed by atoms with E-state index in [1.165, 1.54) is 6.20 Å². The minimum atomic E-state index is -4.57. The molecule has 2 aromatic heterocycles. The molecule has 0 aliphatic carbocycles. The van der Waals surface area contributed by atoms with Crippen molar-refractivity contribution in [3.8, 4) is 23.1 Å². The Hall–Kier alpha value is -5.76. The number of fused-ring (bicyclic) bond motifs is 1. The zero-order valence-electron chi connectivity index (χ0n) is 34.8. The summed E-state index contributed by atoms with van der Waals surface area (Å²) in [5, 5.41) is 12.2. The fourth-order valence-corrected chi connectivity index (χ4v) is 8.02. The molecule has 4 aromatic carbocycles. The molecule has 0 atom stereocenters. The Morgan fingerprint density at radius 2 is 1.66 bits per heavy atom. The summed E-state index contributed by atoms with van der Waals surface area (Å²) in [6, 6.07) is 25.0. The fourth-order valence-electron chi connectivity index (χ4n) is 6.94. The van der Waals surface area contributed by atoms with Crippen molar-refractivity contribution < 1.29 is 36.7 Å². The first-order chi connectivity index (χ1) is 29.0. The number of ether oxygens (including phenoxy) is 3. The predicted octanol–water partition coefficient (Wildman–Crippen LogP) is 9.99. The van der Waals surface area contributed by atoms with E-state index in [4.69, 9.17) is 19.3 Å². The fraction of sp³-hybridized carbons (Fsp3) is 0.333. The molecule has 0 radical (unpaired) electrons. The number of carbonyl (C=O) groups is 1. The Balaban J connectivity index is 1.07. The zero-order chi connectivity index (χ0) is 43.4. The van der Waals surface area contributed by atoms with Crippen LogP contribution in [0.3, 0.4) is 0 Å². The molecule has 1 aliphatic heterocycles. The van der Waals surface area contributed by atoms with Gasteiger partial charge >= 0.3 is 12.2 Å². The van der Waals surface area contributed by atoms with Crippen LogP contribution in [0.1, 0.15) is 49.0 Å². The van der Waals surface area contributed by atoms with Crippen molar-refractivity contribution in [2.75, 3.05) is 63.4 Å². The van der Waals surface area contributed by atoms with Crippen LogP contribution in [-0.2, 0) is 33.5 Å². The average molecular weight is 856 g/mol. The van der Waals surface area contributed by atoms with Crippen LogP contribution in [0.15, 0.2) is 97.2 Å². The Labute approximate surface area is 352 Å². The van der Waals surface area contributed by atoms with Crippen molar-refractivity contribution in [1.29, 1.82) is 0 Å². The minimum Gasteiger partial charge on any atom is -0.492 e. The van der Waals surface area contributed by atoms with E-state index >= 15 is 0 Å². The molecule has 6 aromatic rings. The highest BCUT2D eigenvalue weighted by Crippen LogP contribution is 2.41. The van der Waals surface area contributed by atoms with E-state index < -0.39 is 24.9 Å². The molecule has 7 rings (SSSR count). The number of nitrogens with one attached hydrogen (secondary N) is 2. The number of benzene rings is 4. The molecule has 16 heteroatoms. The summed E-state index contributed by atoms with van der Waals surface area (Å²) in [6.45, 7) is 13.2. The Kier molecular flexibility index (Phi) is 12.8. The number of morpholine rings is 1. The smallest absolute Gasteiger partial charge is 0.416 e. The van der Waals surface area contributed by atoms with E-state index in [0.717, 1.165) is 42.2 Å². The van der Waals surface area contributed by atoms with Crippen molar-refractivity contribution in [1.82, 2.24) is 24.6 Å². The van der Waals surface area contributed by atoms with Gasteiger partial charge < -0.3 is 24.1 Å². The second-order valence-corrected chi connectivity index (χ2v) is 19.9. The van der Waals surface area contributed by atoms with Crippen LogP contribution in [-0.4, -0.2) is 83.5 Å². The normalized spacial score (nSPS) is 13.9. The third kappa shape index (κ3) is 11.5. The molecule has 1 fully saturated rings. The van der Waals surface area contributed by atoms with Gasteiger partial charge in [-0.25, -0.2) is 14.5 Å². The molecule has 3 heterocycles. The summed E-state index contributed by atoms with van der Waals surface area (Å²) in [5.41, 5.74) is 2.12. The first-order valence-electron chi connectivity index (χ1n) is 19.9. The Morgan fingerprint density at radius 1 is 0.885 bits per heavy atom. The standard InChI is InChI=1S/C45H49F3N7O5P/c1-44(2,3)39-28-41(55(53-39)33-10-8-9-30(24-33)29-61(4,5)57)52-43(56)50-37-13-14-38(36-12-7-6-11-35(36)37)60-42-15-16-49-40(51-42)26-31-23-32(45(46,47)48)27-34(25-31)59-22-19-54-17-20-58-21-18-54/h6-16,23-25,27-28H,17-22,26,29H2,1-5H3,(H2,50,52,56). The molecule has 1 aliphatic rings. The molecular weight excluding hydrogens is 807 g/mol. The predicted molar refractivity (Wildman–Crippen MR) is 231 cm³/mol. The molecule has 61 heavy (non-hydrogen) atoms. The third-order valence-corrected chi connectivity index (χ3v) is 11.0. The van der Waals surface area contributed by atoms with Crippen LogP contribution in [0.4, 0.5) is 29.5 Å². The van der Waals surface area contributed by atoms with Gasteiger partial charge in [0, 0.05) is 66.7 Å². The lowest BCUT2D eigenvalue weighted by Gasteiger charge is -2.26. The second-order valence-electron chi connectivity index (χ2n) is 16.5. The number of carbonyl (C=O) groups excluding carboxylic acids is 1. The number of hydrogen-bond acceptors (Lipinski definition) is 9. The Morgan fingerprint density at radius 3 is 2.39 bits per heavy atom. The quantitative estimate of drug-likeness (QED) is 0.109. The summed E-state index contributed by atoms with van der Waals surface area (Å²) in [7, 11) is -2.33. The largest absolute Gasteiger partial charge is 0.492 e. The van der Waals surface area contributed by atoms with E-state index in [0.29, 0.717) is 59.5 Å². The molecule has 0 unspecified atom stereocenters. The molecule has 0 bridgehead atoms. The highest BCUT2D eigenvalue weighted by atomic mass is 31.2. The van der Waals surface area contributed by atoms with Crippen molar-refractivity contribution >= 4 is 35.5 Å². The van der Waals surface area contributed by atoms with Gasteiger partial charge in [-0.3, -0.25) is 10.2 Å². The molecule has 12 nitrogen and oxygen atoms in total. The average Bonchev–Trinajstić information content (AvgIpc) is 3.63. The lowest BCUT2D eigenvalue weighted by molar-refractivity contribution is -0.137. The molecule has 1 saturated heterocycles. The number of urea groups is 1. The summed E-state index contributed by atoms with van der Waals surface area (Å²) in [6.07, 6.45) is -2.64. The zero-order valence-corrected chi connectivity index (χ0v) is 35.6. The van der Waals surface area contributed by atoms with E-state index in [1.807, 2.05) is 75.4 Å². The monoisotopic (exact) mass is 855 g/mol. The highest BCUT2D eigenvalue weighted by Gasteiger charge is 2.32. The molecule has 2 N–H and O–H groups in total. The van der Waals surface area contributed by atoms with Crippen LogP contribution in [0.2, 0.25) is 0 Å². The van der Waals surface area contributed by atoms with Gasteiger partial charge in [0.15, 0.2) is 0 Å². The van der Waals surface area contributed by atoms with Crippen LogP contribution < -0.4 is 20.1 Å². The van der Waals surface area contributed by atoms with Gasteiger partial charge in [0.2, 0.25) is 5.88 Å². The molecular formula is C45H49F3N7O5P. The third-order valence-electron chi connectivity index (χ3n) is 9.90. The maximum absolute atomic E-state index is 13.9. The summed E-state index contributed by atoms with van der Waals surface area (Å²) in [5.74, 6) is 1.46.